The van der Waals surface area contributed by atoms with Crippen LogP contribution in [0.1, 0.15) is 71.1 Å². The van der Waals surface area contributed by atoms with Gasteiger partial charge in [0.1, 0.15) is 5.76 Å². The van der Waals surface area contributed by atoms with Crippen LogP contribution < -0.4 is 0 Å². The van der Waals surface area contributed by atoms with Crippen molar-refractivity contribution in [2.75, 3.05) is 0 Å². The van der Waals surface area contributed by atoms with Crippen LogP contribution in [0.4, 0.5) is 0 Å². The minimum Gasteiger partial charge on any atom is -0.481 e. The molecule has 0 aromatic heterocycles. The average molecular weight is 336 g/mol. The van der Waals surface area contributed by atoms with Gasteiger partial charge in [-0.15, -0.1) is 0 Å². The van der Waals surface area contributed by atoms with Crippen molar-refractivity contribution < 1.29 is 20.0 Å². The van der Waals surface area contributed by atoms with Crippen molar-refractivity contribution in [2.45, 2.75) is 71.1 Å². The number of allylic oxidation sites excluding steroid dienone is 7. The zero-order chi connectivity index (χ0) is 17.9. The van der Waals surface area contributed by atoms with Crippen molar-refractivity contribution >= 4 is 5.97 Å². The molecule has 0 amide bonds. The first-order valence-electron chi connectivity index (χ1n) is 8.88. The molecular formula is C20H32O4. The number of hydrogen-bond donors (Lipinski definition) is 2. The van der Waals surface area contributed by atoms with E-state index in [1.807, 2.05) is 36.5 Å². The van der Waals surface area contributed by atoms with Gasteiger partial charge in [0, 0.05) is 12.8 Å². The second-order valence-electron chi connectivity index (χ2n) is 5.63. The summed E-state index contributed by atoms with van der Waals surface area (Å²) < 4.78 is 0. The number of carbonyl (C=O) groups is 1. The molecule has 0 heterocycles. The quantitative estimate of drug-likeness (QED) is 0.126. The third-order valence-electron chi connectivity index (χ3n) is 3.43. The first kappa shape index (κ1) is 22.2. The van der Waals surface area contributed by atoms with Crippen LogP contribution in [-0.4, -0.2) is 16.3 Å². The maximum absolute atomic E-state index is 10.3. The molecule has 0 aliphatic heterocycles. The second kappa shape index (κ2) is 17.5. The Bertz CT molecular complexity index is 419. The van der Waals surface area contributed by atoms with Crippen LogP contribution in [-0.2, 0) is 9.68 Å². The van der Waals surface area contributed by atoms with Gasteiger partial charge in [0.05, 0.1) is 0 Å². The van der Waals surface area contributed by atoms with Crippen LogP contribution in [0.3, 0.4) is 0 Å². The van der Waals surface area contributed by atoms with Crippen LogP contribution in [0.15, 0.2) is 48.3 Å². The molecule has 4 heteroatoms. The van der Waals surface area contributed by atoms with Gasteiger partial charge in [0.15, 0.2) is 0 Å². The van der Waals surface area contributed by atoms with Gasteiger partial charge in [-0.2, -0.15) is 0 Å². The first-order valence-corrected chi connectivity index (χ1v) is 8.88. The molecule has 0 bridgehead atoms. The predicted octanol–water partition coefficient (Wildman–Crippen LogP) is 6.03. The zero-order valence-corrected chi connectivity index (χ0v) is 14.8. The molecule has 0 atom stereocenters. The van der Waals surface area contributed by atoms with Crippen molar-refractivity contribution in [3.63, 3.8) is 0 Å². The molecule has 0 saturated carbocycles. The molecular weight excluding hydrogens is 304 g/mol. The molecule has 0 spiro atoms. The van der Waals surface area contributed by atoms with Gasteiger partial charge in [-0.25, -0.2) is 5.26 Å². The van der Waals surface area contributed by atoms with Crippen molar-refractivity contribution in [1.29, 1.82) is 0 Å². The van der Waals surface area contributed by atoms with Gasteiger partial charge in [0.2, 0.25) is 0 Å². The smallest absolute Gasteiger partial charge is 0.303 e. The normalized spacial score (nSPS) is 12.7. The van der Waals surface area contributed by atoms with Gasteiger partial charge < -0.3 is 9.99 Å². The molecule has 0 saturated heterocycles. The average Bonchev–Trinajstić information content (AvgIpc) is 2.57. The van der Waals surface area contributed by atoms with E-state index >= 15 is 0 Å². The van der Waals surface area contributed by atoms with E-state index in [0.29, 0.717) is 25.0 Å². The van der Waals surface area contributed by atoms with Gasteiger partial charge in [0.25, 0.3) is 0 Å². The molecule has 4 nitrogen and oxygen atoms in total. The van der Waals surface area contributed by atoms with Gasteiger partial charge in [-0.3, -0.25) is 4.79 Å². The highest BCUT2D eigenvalue weighted by Crippen LogP contribution is 2.07. The fourth-order valence-electron chi connectivity index (χ4n) is 2.04. The fourth-order valence-corrected chi connectivity index (χ4v) is 2.04. The molecule has 0 rings (SSSR count). The SMILES string of the molecule is CCCCC/C=C\C/C(=C/C/C=C\C/C=C\CCCC(=O)O)OO. The summed E-state index contributed by atoms with van der Waals surface area (Å²) >= 11 is 0. The molecule has 0 fully saturated rings. The van der Waals surface area contributed by atoms with Gasteiger partial charge in [-0.05, 0) is 44.6 Å². The standard InChI is InChI=1S/C20H32O4/c1-2-3-4-5-10-13-16-19(24-23)17-14-11-8-6-7-9-12-15-18-20(21)22/h7-11,13,17,23H,2-6,12,14-16,18H2,1H3,(H,21,22)/b9-7-,11-8-,13-10-,19-17-. The minimum atomic E-state index is -0.743. The second-order valence-corrected chi connectivity index (χ2v) is 5.63. The largest absolute Gasteiger partial charge is 0.481 e. The molecule has 136 valence electrons. The number of carboxylic acid groups (broad SMARTS) is 1. The lowest BCUT2D eigenvalue weighted by Gasteiger charge is -1.99. The Hall–Kier alpha value is -1.81. The molecule has 0 aliphatic carbocycles. The third-order valence-corrected chi connectivity index (χ3v) is 3.43. The molecule has 24 heavy (non-hydrogen) atoms. The highest BCUT2D eigenvalue weighted by molar-refractivity contribution is 5.66. The fraction of sp³-hybridized carbons (Fsp3) is 0.550. The lowest BCUT2D eigenvalue weighted by molar-refractivity contribution is -0.204. The highest BCUT2D eigenvalue weighted by Gasteiger charge is 1.94. The summed E-state index contributed by atoms with van der Waals surface area (Å²) in [5.41, 5.74) is 0. The summed E-state index contributed by atoms with van der Waals surface area (Å²) in [5, 5.41) is 17.4. The number of rotatable bonds is 15. The van der Waals surface area contributed by atoms with Crippen LogP contribution in [0.25, 0.3) is 0 Å². The maximum atomic E-state index is 10.3. The van der Waals surface area contributed by atoms with Crippen molar-refractivity contribution in [3.05, 3.63) is 48.3 Å². The Morgan fingerprint density at radius 1 is 0.917 bits per heavy atom. The van der Waals surface area contributed by atoms with Crippen LogP contribution in [0.2, 0.25) is 0 Å². The van der Waals surface area contributed by atoms with Crippen molar-refractivity contribution in [3.8, 4) is 0 Å². The van der Waals surface area contributed by atoms with Crippen molar-refractivity contribution in [1.82, 2.24) is 0 Å². The van der Waals surface area contributed by atoms with Crippen molar-refractivity contribution in [2.24, 2.45) is 0 Å². The molecule has 0 radical (unpaired) electrons. The van der Waals surface area contributed by atoms with E-state index in [9.17, 15) is 4.79 Å². The number of aliphatic carboxylic acids is 1. The lowest BCUT2D eigenvalue weighted by Crippen LogP contribution is -1.92. The van der Waals surface area contributed by atoms with Gasteiger partial charge >= 0.3 is 5.97 Å². The molecule has 0 unspecified atom stereocenters. The van der Waals surface area contributed by atoms with E-state index in [1.54, 1.807) is 0 Å². The Balaban J connectivity index is 3.79. The van der Waals surface area contributed by atoms with Crippen LogP contribution in [0, 0.1) is 0 Å². The van der Waals surface area contributed by atoms with Crippen LogP contribution >= 0.6 is 0 Å². The Labute approximate surface area is 146 Å². The van der Waals surface area contributed by atoms with E-state index in [4.69, 9.17) is 10.4 Å². The number of unbranched alkanes of at least 4 members (excludes halogenated alkanes) is 4. The topological polar surface area (TPSA) is 66.8 Å². The maximum Gasteiger partial charge on any atom is 0.303 e. The summed E-state index contributed by atoms with van der Waals surface area (Å²) in [7, 11) is 0. The number of carboxylic acids is 1. The molecule has 0 aromatic rings. The first-order chi connectivity index (χ1) is 11.7. The Morgan fingerprint density at radius 3 is 2.29 bits per heavy atom. The van der Waals surface area contributed by atoms with Gasteiger partial charge in [-0.1, -0.05) is 56.2 Å². The summed E-state index contributed by atoms with van der Waals surface area (Å²) in [6.45, 7) is 2.19. The van der Waals surface area contributed by atoms with Crippen LogP contribution in [0.5, 0.6) is 0 Å². The van der Waals surface area contributed by atoms with E-state index in [1.165, 1.54) is 19.3 Å². The molecule has 2 N–H and O–H groups in total. The van der Waals surface area contributed by atoms with E-state index < -0.39 is 5.97 Å². The number of hydrogen-bond acceptors (Lipinski definition) is 3. The molecule has 0 aromatic carbocycles. The lowest BCUT2D eigenvalue weighted by atomic mass is 10.2. The summed E-state index contributed by atoms with van der Waals surface area (Å²) in [5.74, 6) is -0.177. The zero-order valence-electron chi connectivity index (χ0n) is 14.8. The third kappa shape index (κ3) is 16.6. The van der Waals surface area contributed by atoms with E-state index in [2.05, 4.69) is 17.9 Å². The van der Waals surface area contributed by atoms with E-state index in [0.717, 1.165) is 19.3 Å². The summed E-state index contributed by atoms with van der Waals surface area (Å²) in [6, 6.07) is 0. The minimum absolute atomic E-state index is 0.224. The summed E-state index contributed by atoms with van der Waals surface area (Å²) in [6.07, 6.45) is 22.7. The highest BCUT2D eigenvalue weighted by atomic mass is 17.1. The monoisotopic (exact) mass is 336 g/mol. The Morgan fingerprint density at radius 2 is 1.58 bits per heavy atom. The summed E-state index contributed by atoms with van der Waals surface area (Å²) in [4.78, 5) is 14.7. The Kier molecular flexibility index (Phi) is 16.2. The van der Waals surface area contributed by atoms with E-state index in [-0.39, 0.29) is 6.42 Å². The molecule has 0 aliphatic rings. The predicted molar refractivity (Wildman–Crippen MR) is 98.7 cm³/mol.